The molecule has 0 aliphatic carbocycles. The molecule has 0 aliphatic heterocycles. The Labute approximate surface area is 72.2 Å². The van der Waals surface area contributed by atoms with Crippen molar-refractivity contribution >= 4 is 0 Å². The molecule has 0 spiro atoms. The molecule has 2 heteroatoms. The standard InChI is InChI=1S/C7H6F2.C3H8/c1-5-2-3-6(8)4-7(5)9;1-3-2/h2-4H,1H3;3H2,1-2H3. The lowest BCUT2D eigenvalue weighted by Crippen LogP contribution is -1.81. The van der Waals surface area contributed by atoms with Gasteiger partial charge in [0.1, 0.15) is 11.6 Å². The highest BCUT2D eigenvalue weighted by molar-refractivity contribution is 5.16. The van der Waals surface area contributed by atoms with E-state index in [0.717, 1.165) is 6.07 Å². The average molecular weight is 172 g/mol. The van der Waals surface area contributed by atoms with Crippen molar-refractivity contribution in [2.45, 2.75) is 27.2 Å². The number of hydrogen-bond acceptors (Lipinski definition) is 0. The fraction of sp³-hybridized carbons (Fsp3) is 0.400. The van der Waals surface area contributed by atoms with E-state index in [2.05, 4.69) is 13.8 Å². The molecule has 1 aromatic carbocycles. The van der Waals surface area contributed by atoms with Crippen LogP contribution in [-0.4, -0.2) is 0 Å². The first-order valence-corrected chi connectivity index (χ1v) is 4.03. The van der Waals surface area contributed by atoms with Crippen molar-refractivity contribution in [3.8, 4) is 0 Å². The normalized spacial score (nSPS) is 8.75. The summed E-state index contributed by atoms with van der Waals surface area (Å²) in [5.41, 5.74) is 0.469. The lowest BCUT2D eigenvalue weighted by molar-refractivity contribution is 0.577. The van der Waals surface area contributed by atoms with Crippen LogP contribution in [0, 0.1) is 18.6 Å². The van der Waals surface area contributed by atoms with E-state index in [1.165, 1.54) is 18.6 Å². The summed E-state index contributed by atoms with van der Waals surface area (Å²) in [7, 11) is 0. The van der Waals surface area contributed by atoms with E-state index >= 15 is 0 Å². The van der Waals surface area contributed by atoms with Gasteiger partial charge in [-0.15, -0.1) is 0 Å². The minimum atomic E-state index is -0.530. The van der Waals surface area contributed by atoms with E-state index in [1.54, 1.807) is 6.92 Å². The van der Waals surface area contributed by atoms with Crippen LogP contribution in [0.4, 0.5) is 8.78 Å². The van der Waals surface area contributed by atoms with Crippen molar-refractivity contribution in [1.82, 2.24) is 0 Å². The van der Waals surface area contributed by atoms with Gasteiger partial charge < -0.3 is 0 Å². The molecule has 0 aliphatic rings. The Hall–Kier alpha value is -0.920. The molecule has 0 amide bonds. The summed E-state index contributed by atoms with van der Waals surface area (Å²) in [5, 5.41) is 0. The summed E-state index contributed by atoms with van der Waals surface area (Å²) in [5.74, 6) is -1.02. The molecule has 0 unspecified atom stereocenters. The van der Waals surface area contributed by atoms with Crippen LogP contribution in [0.3, 0.4) is 0 Å². The Morgan fingerprint density at radius 2 is 1.67 bits per heavy atom. The maximum absolute atomic E-state index is 12.3. The molecule has 0 atom stereocenters. The SMILES string of the molecule is CCC.Cc1ccc(F)cc1F. The number of halogens is 2. The third kappa shape index (κ3) is 4.06. The predicted molar refractivity (Wildman–Crippen MR) is 47.1 cm³/mol. The Balaban J connectivity index is 0.000000354. The van der Waals surface area contributed by atoms with Crippen LogP contribution in [0.25, 0.3) is 0 Å². The van der Waals surface area contributed by atoms with Gasteiger partial charge in [0.2, 0.25) is 0 Å². The number of aryl methyl sites for hydroxylation is 1. The highest BCUT2D eigenvalue weighted by Crippen LogP contribution is 2.06. The molecule has 0 N–H and O–H groups in total. The summed E-state index contributed by atoms with van der Waals surface area (Å²) in [4.78, 5) is 0. The lowest BCUT2D eigenvalue weighted by Gasteiger charge is -1.92. The van der Waals surface area contributed by atoms with Crippen LogP contribution in [0.2, 0.25) is 0 Å². The van der Waals surface area contributed by atoms with Crippen LogP contribution in [0.1, 0.15) is 25.8 Å². The molecule has 0 saturated carbocycles. The van der Waals surface area contributed by atoms with Crippen LogP contribution in [-0.2, 0) is 0 Å². The second-order valence-corrected chi connectivity index (χ2v) is 2.60. The molecule has 0 radical (unpaired) electrons. The maximum atomic E-state index is 12.3. The van der Waals surface area contributed by atoms with Gasteiger partial charge in [-0.1, -0.05) is 26.3 Å². The van der Waals surface area contributed by atoms with E-state index in [1.807, 2.05) is 0 Å². The third-order valence-corrected chi connectivity index (χ3v) is 1.13. The Kier molecular flexibility index (Phi) is 5.26. The first kappa shape index (κ1) is 11.1. The molecule has 0 nitrogen and oxygen atoms in total. The summed E-state index contributed by atoms with van der Waals surface area (Å²) in [6, 6.07) is 3.51. The van der Waals surface area contributed by atoms with Gasteiger partial charge in [-0.05, 0) is 18.6 Å². The molecule has 68 valence electrons. The second kappa shape index (κ2) is 5.70. The highest BCUT2D eigenvalue weighted by atomic mass is 19.1. The van der Waals surface area contributed by atoms with Gasteiger partial charge in [-0.3, -0.25) is 0 Å². The summed E-state index contributed by atoms with van der Waals surface area (Å²) < 4.78 is 24.4. The average Bonchev–Trinajstić information content (AvgIpc) is 1.99. The second-order valence-electron chi connectivity index (χ2n) is 2.60. The van der Waals surface area contributed by atoms with E-state index in [0.29, 0.717) is 5.56 Å². The molecule has 0 bridgehead atoms. The minimum Gasteiger partial charge on any atom is -0.207 e. The molecule has 0 aromatic heterocycles. The summed E-state index contributed by atoms with van der Waals surface area (Å²) >= 11 is 0. The molecule has 1 aromatic rings. The predicted octanol–water partition coefficient (Wildman–Crippen LogP) is 3.69. The van der Waals surface area contributed by atoms with Crippen molar-refractivity contribution in [3.63, 3.8) is 0 Å². The fourth-order valence-corrected chi connectivity index (χ4v) is 0.567. The Morgan fingerprint density at radius 3 is 2.00 bits per heavy atom. The molecular weight excluding hydrogens is 158 g/mol. The third-order valence-electron chi connectivity index (χ3n) is 1.13. The number of rotatable bonds is 0. The van der Waals surface area contributed by atoms with Gasteiger partial charge in [0.05, 0.1) is 0 Å². The molecule has 0 fully saturated rings. The first-order valence-electron chi connectivity index (χ1n) is 4.03. The molecule has 0 heterocycles. The van der Waals surface area contributed by atoms with Crippen molar-refractivity contribution in [3.05, 3.63) is 35.4 Å². The minimum absolute atomic E-state index is 0.469. The van der Waals surface area contributed by atoms with Gasteiger partial charge in [0.25, 0.3) is 0 Å². The quantitative estimate of drug-likeness (QED) is 0.560. The van der Waals surface area contributed by atoms with Crippen LogP contribution in [0.15, 0.2) is 18.2 Å². The van der Waals surface area contributed by atoms with Crippen molar-refractivity contribution in [1.29, 1.82) is 0 Å². The van der Waals surface area contributed by atoms with Crippen LogP contribution in [0.5, 0.6) is 0 Å². The maximum Gasteiger partial charge on any atom is 0.129 e. The summed E-state index contributed by atoms with van der Waals surface area (Å²) in [6.45, 7) is 5.84. The van der Waals surface area contributed by atoms with Gasteiger partial charge in [-0.2, -0.15) is 0 Å². The highest BCUT2D eigenvalue weighted by Gasteiger charge is 1.95. The van der Waals surface area contributed by atoms with E-state index in [4.69, 9.17) is 0 Å². The largest absolute Gasteiger partial charge is 0.207 e. The topological polar surface area (TPSA) is 0 Å². The number of benzene rings is 1. The molecule has 0 saturated heterocycles. The van der Waals surface area contributed by atoms with E-state index in [-0.39, 0.29) is 0 Å². The zero-order valence-electron chi connectivity index (χ0n) is 7.70. The monoisotopic (exact) mass is 172 g/mol. The van der Waals surface area contributed by atoms with Gasteiger partial charge in [0.15, 0.2) is 0 Å². The van der Waals surface area contributed by atoms with Crippen molar-refractivity contribution in [2.75, 3.05) is 0 Å². The Morgan fingerprint density at radius 1 is 1.17 bits per heavy atom. The van der Waals surface area contributed by atoms with Gasteiger partial charge >= 0.3 is 0 Å². The van der Waals surface area contributed by atoms with Crippen molar-refractivity contribution < 1.29 is 8.78 Å². The summed E-state index contributed by atoms with van der Waals surface area (Å²) in [6.07, 6.45) is 1.25. The molecule has 12 heavy (non-hydrogen) atoms. The zero-order valence-corrected chi connectivity index (χ0v) is 7.70. The van der Waals surface area contributed by atoms with Crippen molar-refractivity contribution in [2.24, 2.45) is 0 Å². The fourth-order valence-electron chi connectivity index (χ4n) is 0.567. The van der Waals surface area contributed by atoms with Crippen LogP contribution < -0.4 is 0 Å². The van der Waals surface area contributed by atoms with E-state index in [9.17, 15) is 8.78 Å². The van der Waals surface area contributed by atoms with Gasteiger partial charge in [0, 0.05) is 6.07 Å². The van der Waals surface area contributed by atoms with E-state index < -0.39 is 11.6 Å². The van der Waals surface area contributed by atoms with Gasteiger partial charge in [-0.25, -0.2) is 8.78 Å². The molecule has 1 rings (SSSR count). The Bertz CT molecular complexity index is 231. The molecular formula is C10H14F2. The smallest absolute Gasteiger partial charge is 0.129 e. The number of hydrogen-bond donors (Lipinski definition) is 0. The van der Waals surface area contributed by atoms with Crippen LogP contribution >= 0.6 is 0 Å². The lowest BCUT2D eigenvalue weighted by atomic mass is 10.2. The zero-order chi connectivity index (χ0) is 9.56. The first-order chi connectivity index (χ1) is 5.61.